The van der Waals surface area contributed by atoms with Crippen LogP contribution in [-0.2, 0) is 14.8 Å². The van der Waals surface area contributed by atoms with Crippen LogP contribution in [0.2, 0.25) is 5.02 Å². The van der Waals surface area contributed by atoms with Gasteiger partial charge >= 0.3 is 0 Å². The van der Waals surface area contributed by atoms with Crippen LogP contribution in [0.1, 0.15) is 12.8 Å². The average Bonchev–Trinajstić information content (AvgIpc) is 3.23. The molecule has 0 amide bonds. The molecule has 3 rings (SSSR count). The summed E-state index contributed by atoms with van der Waals surface area (Å²) in [7, 11) is -3.32. The van der Waals surface area contributed by atoms with Gasteiger partial charge in [-0.25, -0.2) is 13.4 Å². The number of rotatable bonds is 4. The summed E-state index contributed by atoms with van der Waals surface area (Å²) >= 11 is 6.06. The Morgan fingerprint density at radius 3 is 2.65 bits per heavy atom. The van der Waals surface area contributed by atoms with E-state index in [0.717, 1.165) is 13.1 Å². The molecular formula is C12H16ClN3O3S. The second kappa shape index (κ2) is 5.38. The first-order valence-corrected chi connectivity index (χ1v) is 8.49. The van der Waals surface area contributed by atoms with Gasteiger partial charge < -0.3 is 9.64 Å². The van der Waals surface area contributed by atoms with E-state index >= 15 is 0 Å². The number of morpholine rings is 1. The van der Waals surface area contributed by atoms with E-state index in [0.29, 0.717) is 36.9 Å². The van der Waals surface area contributed by atoms with E-state index in [4.69, 9.17) is 16.3 Å². The summed E-state index contributed by atoms with van der Waals surface area (Å²) in [6, 6.07) is 3.27. The smallest absolute Gasteiger partial charge is 0.236 e. The molecule has 0 radical (unpaired) electrons. The zero-order valence-corrected chi connectivity index (χ0v) is 12.5. The highest BCUT2D eigenvalue weighted by Gasteiger charge is 2.36. The van der Waals surface area contributed by atoms with E-state index in [1.54, 1.807) is 6.07 Å². The zero-order chi connectivity index (χ0) is 14.2. The molecule has 0 unspecified atom stereocenters. The van der Waals surface area contributed by atoms with E-state index in [2.05, 4.69) is 9.71 Å². The molecule has 0 atom stereocenters. The Kier molecular flexibility index (Phi) is 3.74. The SMILES string of the molecule is O=S(=O)(Nc1cc(Cl)cc(N2CCOCC2)n1)C1CC1. The Labute approximate surface area is 123 Å². The van der Waals surface area contributed by atoms with Gasteiger partial charge in [-0.15, -0.1) is 0 Å². The Hall–Kier alpha value is -1.05. The number of nitrogens with zero attached hydrogens (tertiary/aromatic N) is 2. The molecule has 1 saturated heterocycles. The van der Waals surface area contributed by atoms with Crippen LogP contribution < -0.4 is 9.62 Å². The van der Waals surface area contributed by atoms with Crippen molar-refractivity contribution in [2.45, 2.75) is 18.1 Å². The lowest BCUT2D eigenvalue weighted by Crippen LogP contribution is -2.36. The number of ether oxygens (including phenoxy) is 1. The Morgan fingerprint density at radius 2 is 2.00 bits per heavy atom. The lowest BCUT2D eigenvalue weighted by molar-refractivity contribution is 0.122. The lowest BCUT2D eigenvalue weighted by atomic mass is 10.3. The Bertz CT molecular complexity index is 598. The number of anilines is 2. The molecule has 6 nitrogen and oxygen atoms in total. The number of hydrogen-bond acceptors (Lipinski definition) is 5. The molecule has 0 bridgehead atoms. The van der Waals surface area contributed by atoms with Gasteiger partial charge in [0.05, 0.1) is 18.5 Å². The number of halogens is 1. The minimum atomic E-state index is -3.32. The third kappa shape index (κ3) is 3.16. The number of pyridine rings is 1. The van der Waals surface area contributed by atoms with Crippen molar-refractivity contribution < 1.29 is 13.2 Å². The lowest BCUT2D eigenvalue weighted by Gasteiger charge is -2.28. The van der Waals surface area contributed by atoms with Gasteiger partial charge in [0.15, 0.2) is 0 Å². The fourth-order valence-corrected chi connectivity index (χ4v) is 3.62. The molecule has 1 aliphatic carbocycles. The maximum absolute atomic E-state index is 11.9. The summed E-state index contributed by atoms with van der Waals surface area (Å²) in [6.07, 6.45) is 1.43. The Morgan fingerprint density at radius 1 is 1.30 bits per heavy atom. The number of hydrogen-bond donors (Lipinski definition) is 1. The quantitative estimate of drug-likeness (QED) is 0.910. The minimum absolute atomic E-state index is 0.282. The molecule has 2 heterocycles. The monoisotopic (exact) mass is 317 g/mol. The fourth-order valence-electron chi connectivity index (χ4n) is 2.10. The van der Waals surface area contributed by atoms with Crippen LogP contribution in [-0.4, -0.2) is 45.0 Å². The molecule has 110 valence electrons. The number of aromatic nitrogens is 1. The summed E-state index contributed by atoms with van der Waals surface area (Å²) in [5, 5.41) is 0.185. The second-order valence-electron chi connectivity index (χ2n) is 4.97. The molecule has 1 aliphatic heterocycles. The average molecular weight is 318 g/mol. The predicted molar refractivity (Wildman–Crippen MR) is 77.8 cm³/mol. The van der Waals surface area contributed by atoms with Crippen molar-refractivity contribution in [1.29, 1.82) is 0 Å². The van der Waals surface area contributed by atoms with E-state index < -0.39 is 10.0 Å². The highest BCUT2D eigenvalue weighted by molar-refractivity contribution is 7.93. The van der Waals surface area contributed by atoms with E-state index in [9.17, 15) is 8.42 Å². The van der Waals surface area contributed by atoms with Gasteiger partial charge in [0.25, 0.3) is 0 Å². The van der Waals surface area contributed by atoms with Gasteiger partial charge in [0.2, 0.25) is 10.0 Å². The van der Waals surface area contributed by atoms with Gasteiger partial charge in [-0.2, -0.15) is 0 Å². The molecule has 2 aliphatic rings. The van der Waals surface area contributed by atoms with Crippen molar-refractivity contribution in [2.75, 3.05) is 35.9 Å². The van der Waals surface area contributed by atoms with E-state index in [1.807, 2.05) is 4.90 Å². The van der Waals surface area contributed by atoms with Gasteiger partial charge in [-0.05, 0) is 18.9 Å². The Balaban J connectivity index is 1.82. The molecule has 2 fully saturated rings. The molecule has 1 N–H and O–H groups in total. The van der Waals surface area contributed by atoms with Crippen LogP contribution >= 0.6 is 11.6 Å². The van der Waals surface area contributed by atoms with Crippen molar-refractivity contribution in [3.8, 4) is 0 Å². The fraction of sp³-hybridized carbons (Fsp3) is 0.583. The highest BCUT2D eigenvalue weighted by atomic mass is 35.5. The third-order valence-corrected chi connectivity index (χ3v) is 5.38. The van der Waals surface area contributed by atoms with Crippen LogP contribution in [0.4, 0.5) is 11.6 Å². The topological polar surface area (TPSA) is 71.5 Å². The molecule has 1 aromatic rings. The van der Waals surface area contributed by atoms with Crippen molar-refractivity contribution >= 4 is 33.3 Å². The molecule has 20 heavy (non-hydrogen) atoms. The summed E-state index contributed by atoms with van der Waals surface area (Å²) in [6.45, 7) is 2.72. The minimum Gasteiger partial charge on any atom is -0.378 e. The predicted octanol–water partition coefficient (Wildman–Crippen LogP) is 1.48. The standard InChI is InChI=1S/C12H16ClN3O3S/c13-9-7-11(15-20(17,18)10-1-2-10)14-12(8-9)16-3-5-19-6-4-16/h7-8,10H,1-6H2,(H,14,15). The second-order valence-corrected chi connectivity index (χ2v) is 7.37. The van der Waals surface area contributed by atoms with Gasteiger partial charge in [-0.1, -0.05) is 11.6 Å². The van der Waals surface area contributed by atoms with E-state index in [-0.39, 0.29) is 11.1 Å². The van der Waals surface area contributed by atoms with Crippen molar-refractivity contribution in [1.82, 2.24) is 4.98 Å². The van der Waals surface area contributed by atoms with Crippen LogP contribution in [0.25, 0.3) is 0 Å². The third-order valence-electron chi connectivity index (χ3n) is 3.32. The largest absolute Gasteiger partial charge is 0.378 e. The van der Waals surface area contributed by atoms with Gasteiger partial charge in [-0.3, -0.25) is 4.72 Å². The van der Waals surface area contributed by atoms with Crippen molar-refractivity contribution in [2.24, 2.45) is 0 Å². The van der Waals surface area contributed by atoms with Crippen LogP contribution in [0.5, 0.6) is 0 Å². The maximum atomic E-state index is 11.9. The summed E-state index contributed by atoms with van der Waals surface area (Å²) in [5.41, 5.74) is 0. The van der Waals surface area contributed by atoms with Crippen molar-refractivity contribution in [3.63, 3.8) is 0 Å². The normalized spacial score (nSPS) is 19.9. The molecule has 1 aromatic heterocycles. The van der Waals surface area contributed by atoms with E-state index in [1.165, 1.54) is 6.07 Å². The van der Waals surface area contributed by atoms with Crippen LogP contribution in [0.3, 0.4) is 0 Å². The summed E-state index contributed by atoms with van der Waals surface area (Å²) in [5.74, 6) is 0.959. The summed E-state index contributed by atoms with van der Waals surface area (Å²) in [4.78, 5) is 6.38. The molecular weight excluding hydrogens is 302 g/mol. The molecule has 0 spiro atoms. The van der Waals surface area contributed by atoms with Crippen molar-refractivity contribution in [3.05, 3.63) is 17.2 Å². The summed E-state index contributed by atoms with van der Waals surface area (Å²) < 4.78 is 31.7. The highest BCUT2D eigenvalue weighted by Crippen LogP contribution is 2.30. The number of sulfonamides is 1. The van der Waals surface area contributed by atoms with Gasteiger partial charge in [0, 0.05) is 24.2 Å². The van der Waals surface area contributed by atoms with Crippen LogP contribution in [0, 0.1) is 0 Å². The first kappa shape index (κ1) is 13.9. The first-order chi connectivity index (χ1) is 9.54. The molecule has 8 heteroatoms. The molecule has 1 saturated carbocycles. The first-order valence-electron chi connectivity index (χ1n) is 6.56. The zero-order valence-electron chi connectivity index (χ0n) is 10.9. The van der Waals surface area contributed by atoms with Crippen LogP contribution in [0.15, 0.2) is 12.1 Å². The van der Waals surface area contributed by atoms with Gasteiger partial charge in [0.1, 0.15) is 11.6 Å². The maximum Gasteiger partial charge on any atom is 0.236 e. The number of nitrogens with one attached hydrogen (secondary N) is 1. The molecule has 0 aromatic carbocycles.